The molecule has 37 heavy (non-hydrogen) atoms. The largest absolute Gasteiger partial charge is 0.484 e. The van der Waals surface area contributed by atoms with E-state index in [4.69, 9.17) is 16.3 Å². The predicted molar refractivity (Wildman–Crippen MR) is 151 cm³/mol. The van der Waals surface area contributed by atoms with E-state index in [0.717, 1.165) is 46.8 Å². The number of halogens is 2. The van der Waals surface area contributed by atoms with E-state index in [9.17, 15) is 9.59 Å². The van der Waals surface area contributed by atoms with Crippen molar-refractivity contribution in [3.63, 3.8) is 0 Å². The van der Waals surface area contributed by atoms with E-state index in [1.54, 1.807) is 17.0 Å². The van der Waals surface area contributed by atoms with Gasteiger partial charge in [-0.25, -0.2) is 0 Å². The summed E-state index contributed by atoms with van der Waals surface area (Å²) in [5, 5.41) is 3.84. The lowest BCUT2D eigenvalue weighted by Gasteiger charge is -2.32. The molecule has 2 amide bonds. The third kappa shape index (κ3) is 7.83. The SMILES string of the molecule is Cc1cc(OCC(=O)N(Cc2ccc(Cl)cc2)[C@H](Cc2ccccc2)C(=O)NC2CCCC2)ccc1Br. The molecule has 0 spiro atoms. The summed E-state index contributed by atoms with van der Waals surface area (Å²) >= 11 is 9.59. The first-order valence-electron chi connectivity index (χ1n) is 12.7. The van der Waals surface area contributed by atoms with Gasteiger partial charge in [0.2, 0.25) is 5.91 Å². The predicted octanol–water partition coefficient (Wildman–Crippen LogP) is 6.49. The minimum atomic E-state index is -0.679. The molecule has 0 bridgehead atoms. The number of benzene rings is 3. The molecule has 194 valence electrons. The zero-order valence-electron chi connectivity index (χ0n) is 21.0. The van der Waals surface area contributed by atoms with Crippen LogP contribution in [-0.2, 0) is 22.6 Å². The standard InChI is InChI=1S/C30H32BrClN2O3/c1-21-17-26(15-16-27(21)31)37-20-29(35)34(19-23-11-13-24(32)14-12-23)28(18-22-7-3-2-4-8-22)30(36)33-25-9-5-6-10-25/h2-4,7-8,11-17,25,28H,5-6,9-10,18-20H2,1H3,(H,33,36)/t28-/m1/s1. The van der Waals surface area contributed by atoms with Crippen LogP contribution >= 0.6 is 27.5 Å². The minimum Gasteiger partial charge on any atom is -0.484 e. The molecule has 1 N–H and O–H groups in total. The fraction of sp³-hybridized carbons (Fsp3) is 0.333. The van der Waals surface area contributed by atoms with Crippen molar-refractivity contribution in [2.75, 3.05) is 6.61 Å². The van der Waals surface area contributed by atoms with Crippen molar-refractivity contribution >= 4 is 39.3 Å². The van der Waals surface area contributed by atoms with Crippen molar-refractivity contribution in [2.45, 2.75) is 57.7 Å². The summed E-state index contributed by atoms with van der Waals surface area (Å²) in [6.07, 6.45) is 4.59. The fourth-order valence-electron chi connectivity index (χ4n) is 4.64. The Bertz CT molecular complexity index is 1200. The van der Waals surface area contributed by atoms with Crippen LogP contribution in [0.4, 0.5) is 0 Å². The Hall–Kier alpha value is -2.83. The smallest absolute Gasteiger partial charge is 0.261 e. The maximum atomic E-state index is 13.7. The van der Waals surface area contributed by atoms with Crippen LogP contribution in [0.5, 0.6) is 5.75 Å². The van der Waals surface area contributed by atoms with Crippen molar-refractivity contribution in [3.05, 3.63) is 99.0 Å². The Morgan fingerprint density at radius 2 is 1.73 bits per heavy atom. The van der Waals surface area contributed by atoms with Crippen molar-refractivity contribution in [1.29, 1.82) is 0 Å². The van der Waals surface area contributed by atoms with E-state index < -0.39 is 6.04 Å². The number of nitrogens with zero attached hydrogens (tertiary/aromatic N) is 1. The number of aryl methyl sites for hydroxylation is 1. The van der Waals surface area contributed by atoms with Gasteiger partial charge in [0.1, 0.15) is 11.8 Å². The number of hydrogen-bond donors (Lipinski definition) is 1. The van der Waals surface area contributed by atoms with E-state index in [2.05, 4.69) is 21.2 Å². The molecule has 7 heteroatoms. The lowest BCUT2D eigenvalue weighted by molar-refractivity contribution is -0.143. The van der Waals surface area contributed by atoms with Crippen LogP contribution < -0.4 is 10.1 Å². The van der Waals surface area contributed by atoms with E-state index in [0.29, 0.717) is 17.2 Å². The molecule has 0 radical (unpaired) electrons. The third-order valence-corrected chi connectivity index (χ3v) is 7.87. The average Bonchev–Trinajstić information content (AvgIpc) is 3.41. The fourth-order valence-corrected chi connectivity index (χ4v) is 5.02. The zero-order chi connectivity index (χ0) is 26.2. The average molecular weight is 584 g/mol. The first-order chi connectivity index (χ1) is 17.9. The highest BCUT2D eigenvalue weighted by molar-refractivity contribution is 9.10. The summed E-state index contributed by atoms with van der Waals surface area (Å²) in [4.78, 5) is 29.0. The molecule has 0 saturated heterocycles. The third-order valence-electron chi connectivity index (χ3n) is 6.73. The zero-order valence-corrected chi connectivity index (χ0v) is 23.3. The first-order valence-corrected chi connectivity index (χ1v) is 13.8. The molecule has 0 aromatic heterocycles. The summed E-state index contributed by atoms with van der Waals surface area (Å²) in [5.41, 5.74) is 2.90. The van der Waals surface area contributed by atoms with E-state index in [1.807, 2.05) is 67.6 Å². The highest BCUT2D eigenvalue weighted by atomic mass is 79.9. The van der Waals surface area contributed by atoms with E-state index in [1.165, 1.54) is 0 Å². The molecule has 4 rings (SSSR count). The Morgan fingerprint density at radius 1 is 1.03 bits per heavy atom. The molecule has 1 aliphatic carbocycles. The van der Waals surface area contributed by atoms with Crippen LogP contribution in [0.1, 0.15) is 42.4 Å². The Kier molecular flexibility index (Phi) is 9.64. The van der Waals surface area contributed by atoms with Crippen LogP contribution in [0.15, 0.2) is 77.3 Å². The number of carbonyl (C=O) groups excluding carboxylic acids is 2. The van der Waals surface area contributed by atoms with Gasteiger partial charge < -0.3 is 15.0 Å². The monoisotopic (exact) mass is 582 g/mol. The molecule has 1 aliphatic rings. The van der Waals surface area contributed by atoms with Gasteiger partial charge in [0.05, 0.1) is 0 Å². The molecule has 3 aromatic rings. The van der Waals surface area contributed by atoms with Crippen molar-refractivity contribution in [3.8, 4) is 5.75 Å². The highest BCUT2D eigenvalue weighted by Crippen LogP contribution is 2.23. The maximum Gasteiger partial charge on any atom is 0.261 e. The van der Waals surface area contributed by atoms with Gasteiger partial charge >= 0.3 is 0 Å². The molecule has 5 nitrogen and oxygen atoms in total. The Labute approximate surface area is 232 Å². The quantitative estimate of drug-likeness (QED) is 0.297. The molecule has 0 unspecified atom stereocenters. The maximum absolute atomic E-state index is 13.7. The van der Waals surface area contributed by atoms with Gasteiger partial charge in [-0.15, -0.1) is 0 Å². The van der Waals surface area contributed by atoms with Gasteiger partial charge in [-0.2, -0.15) is 0 Å². The highest BCUT2D eigenvalue weighted by Gasteiger charge is 2.32. The van der Waals surface area contributed by atoms with Gasteiger partial charge in [-0.3, -0.25) is 9.59 Å². The number of nitrogens with one attached hydrogen (secondary N) is 1. The second-order valence-electron chi connectivity index (χ2n) is 9.54. The lowest BCUT2D eigenvalue weighted by atomic mass is 10.0. The number of carbonyl (C=O) groups is 2. The van der Waals surface area contributed by atoms with E-state index >= 15 is 0 Å². The minimum absolute atomic E-state index is 0.127. The van der Waals surface area contributed by atoms with Crippen molar-refractivity contribution in [2.24, 2.45) is 0 Å². The molecule has 1 saturated carbocycles. The van der Waals surface area contributed by atoms with Gasteiger partial charge in [-0.05, 0) is 66.8 Å². The lowest BCUT2D eigenvalue weighted by Crippen LogP contribution is -2.53. The summed E-state index contributed by atoms with van der Waals surface area (Å²) in [5.74, 6) is 0.228. The Balaban J connectivity index is 1.60. The van der Waals surface area contributed by atoms with Crippen LogP contribution in [0.2, 0.25) is 5.02 Å². The van der Waals surface area contributed by atoms with E-state index in [-0.39, 0.29) is 31.0 Å². The second kappa shape index (κ2) is 13.1. The van der Waals surface area contributed by atoms with Gasteiger partial charge in [0, 0.05) is 28.5 Å². The van der Waals surface area contributed by atoms with Crippen molar-refractivity contribution < 1.29 is 14.3 Å². The van der Waals surface area contributed by atoms with Crippen LogP contribution in [0, 0.1) is 6.92 Å². The molecule has 1 atom stereocenters. The topological polar surface area (TPSA) is 58.6 Å². The van der Waals surface area contributed by atoms with Crippen molar-refractivity contribution in [1.82, 2.24) is 10.2 Å². The van der Waals surface area contributed by atoms with Crippen LogP contribution in [0.3, 0.4) is 0 Å². The molecular formula is C30H32BrClN2O3. The molecule has 0 heterocycles. The number of hydrogen-bond acceptors (Lipinski definition) is 3. The number of rotatable bonds is 10. The summed E-state index contributed by atoms with van der Waals surface area (Å²) in [7, 11) is 0. The summed E-state index contributed by atoms with van der Waals surface area (Å²) in [6.45, 7) is 2.07. The molecule has 3 aromatic carbocycles. The van der Waals surface area contributed by atoms with Crippen LogP contribution in [-0.4, -0.2) is 35.4 Å². The summed E-state index contributed by atoms with van der Waals surface area (Å²) in [6, 6.07) is 22.3. The number of ether oxygens (including phenoxy) is 1. The Morgan fingerprint density at radius 3 is 2.41 bits per heavy atom. The molecular weight excluding hydrogens is 552 g/mol. The molecule has 1 fully saturated rings. The normalized spacial score (nSPS) is 14.2. The summed E-state index contributed by atoms with van der Waals surface area (Å²) < 4.78 is 6.86. The number of amides is 2. The van der Waals surface area contributed by atoms with Crippen LogP contribution in [0.25, 0.3) is 0 Å². The van der Waals surface area contributed by atoms with Gasteiger partial charge in [-0.1, -0.05) is 82.8 Å². The van der Waals surface area contributed by atoms with Gasteiger partial charge in [0.25, 0.3) is 5.91 Å². The van der Waals surface area contributed by atoms with Gasteiger partial charge in [0.15, 0.2) is 6.61 Å². The second-order valence-corrected chi connectivity index (χ2v) is 10.8. The first kappa shape index (κ1) is 27.2. The molecule has 0 aliphatic heterocycles.